The Kier molecular flexibility index (Phi) is 4.27. The van der Waals surface area contributed by atoms with Crippen LogP contribution < -0.4 is 15.8 Å². The summed E-state index contributed by atoms with van der Waals surface area (Å²) in [5, 5.41) is 2.87. The average molecular weight is 264 g/mol. The SMILES string of the molecule is CCC1OCCC1C(=O)Nc1cc(OC)ccc1N. The van der Waals surface area contributed by atoms with Crippen LogP contribution in [-0.4, -0.2) is 25.7 Å². The molecule has 19 heavy (non-hydrogen) atoms. The van der Waals surface area contributed by atoms with E-state index in [0.717, 1.165) is 12.8 Å². The summed E-state index contributed by atoms with van der Waals surface area (Å²) >= 11 is 0. The summed E-state index contributed by atoms with van der Waals surface area (Å²) in [6.45, 7) is 2.67. The summed E-state index contributed by atoms with van der Waals surface area (Å²) < 4.78 is 10.7. The van der Waals surface area contributed by atoms with Gasteiger partial charge in [-0.1, -0.05) is 6.92 Å². The van der Waals surface area contributed by atoms with Crippen molar-refractivity contribution >= 4 is 17.3 Å². The number of nitrogen functional groups attached to an aromatic ring is 1. The number of nitrogens with one attached hydrogen (secondary N) is 1. The first-order chi connectivity index (χ1) is 9.15. The lowest BCUT2D eigenvalue weighted by molar-refractivity contribution is -0.121. The van der Waals surface area contributed by atoms with E-state index in [1.807, 2.05) is 6.92 Å². The van der Waals surface area contributed by atoms with Crippen molar-refractivity contribution in [2.24, 2.45) is 5.92 Å². The number of ether oxygens (including phenoxy) is 2. The number of hydrogen-bond acceptors (Lipinski definition) is 4. The van der Waals surface area contributed by atoms with E-state index in [9.17, 15) is 4.79 Å². The van der Waals surface area contributed by atoms with Crippen LogP contribution in [0, 0.1) is 5.92 Å². The highest BCUT2D eigenvalue weighted by molar-refractivity contribution is 5.96. The normalized spacial score (nSPS) is 22.2. The summed E-state index contributed by atoms with van der Waals surface area (Å²) in [6.07, 6.45) is 1.60. The third kappa shape index (κ3) is 2.98. The lowest BCUT2D eigenvalue weighted by Crippen LogP contribution is -2.29. The standard InChI is InChI=1S/C14H20N2O3/c1-3-13-10(6-7-19-13)14(17)16-12-8-9(18-2)4-5-11(12)15/h4-5,8,10,13H,3,6-7,15H2,1-2H3,(H,16,17). The van der Waals surface area contributed by atoms with Crippen LogP contribution in [0.1, 0.15) is 19.8 Å². The van der Waals surface area contributed by atoms with Gasteiger partial charge in [0, 0.05) is 12.7 Å². The number of methoxy groups -OCH3 is 1. The number of amides is 1. The van der Waals surface area contributed by atoms with Crippen molar-refractivity contribution in [1.29, 1.82) is 0 Å². The van der Waals surface area contributed by atoms with E-state index >= 15 is 0 Å². The van der Waals surface area contributed by atoms with Gasteiger partial charge < -0.3 is 20.5 Å². The van der Waals surface area contributed by atoms with E-state index in [-0.39, 0.29) is 17.9 Å². The second kappa shape index (κ2) is 5.93. The zero-order chi connectivity index (χ0) is 13.8. The maximum Gasteiger partial charge on any atom is 0.230 e. The molecule has 3 N–H and O–H groups in total. The molecule has 1 aliphatic heterocycles. The van der Waals surface area contributed by atoms with Crippen molar-refractivity contribution in [3.05, 3.63) is 18.2 Å². The first-order valence-corrected chi connectivity index (χ1v) is 6.51. The van der Waals surface area contributed by atoms with Crippen LogP contribution >= 0.6 is 0 Å². The Balaban J connectivity index is 2.10. The zero-order valence-corrected chi connectivity index (χ0v) is 11.3. The number of nitrogens with two attached hydrogens (primary N) is 1. The van der Waals surface area contributed by atoms with Gasteiger partial charge in [0.2, 0.25) is 5.91 Å². The predicted molar refractivity (Wildman–Crippen MR) is 74.2 cm³/mol. The van der Waals surface area contributed by atoms with Gasteiger partial charge in [0.15, 0.2) is 0 Å². The number of rotatable bonds is 4. The van der Waals surface area contributed by atoms with Gasteiger partial charge in [-0.05, 0) is 25.0 Å². The Morgan fingerprint density at radius 3 is 3.05 bits per heavy atom. The molecule has 2 unspecified atom stereocenters. The summed E-state index contributed by atoms with van der Waals surface area (Å²) in [7, 11) is 1.58. The van der Waals surface area contributed by atoms with Crippen LogP contribution in [0.5, 0.6) is 5.75 Å². The Morgan fingerprint density at radius 1 is 1.58 bits per heavy atom. The van der Waals surface area contributed by atoms with Gasteiger partial charge in [-0.2, -0.15) is 0 Å². The minimum absolute atomic E-state index is 0.00633. The van der Waals surface area contributed by atoms with Gasteiger partial charge in [0.25, 0.3) is 0 Å². The van der Waals surface area contributed by atoms with E-state index in [1.165, 1.54) is 0 Å². The van der Waals surface area contributed by atoms with E-state index in [0.29, 0.717) is 23.7 Å². The molecular weight excluding hydrogens is 244 g/mol. The van der Waals surface area contributed by atoms with Crippen LogP contribution in [0.2, 0.25) is 0 Å². The molecule has 1 aliphatic rings. The molecule has 1 saturated heterocycles. The molecule has 5 nitrogen and oxygen atoms in total. The number of anilines is 2. The summed E-state index contributed by atoms with van der Waals surface area (Å²) in [5.74, 6) is 0.527. The average Bonchev–Trinajstić information content (AvgIpc) is 2.89. The number of benzene rings is 1. The van der Waals surface area contributed by atoms with Gasteiger partial charge in [0.1, 0.15) is 5.75 Å². The molecule has 2 rings (SSSR count). The zero-order valence-electron chi connectivity index (χ0n) is 11.3. The molecule has 0 aromatic heterocycles. The van der Waals surface area contributed by atoms with Crippen LogP contribution in [0.15, 0.2) is 18.2 Å². The highest BCUT2D eigenvalue weighted by atomic mass is 16.5. The molecule has 1 aromatic rings. The molecule has 104 valence electrons. The third-order valence-corrected chi connectivity index (χ3v) is 3.47. The summed E-state index contributed by atoms with van der Waals surface area (Å²) in [5.41, 5.74) is 6.97. The van der Waals surface area contributed by atoms with Crippen LogP contribution in [0.3, 0.4) is 0 Å². The molecule has 0 radical (unpaired) electrons. The molecule has 1 heterocycles. The Hall–Kier alpha value is -1.75. The molecule has 2 atom stereocenters. The highest BCUT2D eigenvalue weighted by Gasteiger charge is 2.32. The van der Waals surface area contributed by atoms with Crippen LogP contribution in [0.4, 0.5) is 11.4 Å². The molecule has 1 aromatic carbocycles. The van der Waals surface area contributed by atoms with E-state index in [4.69, 9.17) is 15.2 Å². The van der Waals surface area contributed by atoms with Crippen molar-refractivity contribution < 1.29 is 14.3 Å². The van der Waals surface area contributed by atoms with E-state index in [1.54, 1.807) is 25.3 Å². The lowest BCUT2D eigenvalue weighted by atomic mass is 9.98. The second-order valence-corrected chi connectivity index (χ2v) is 4.66. The molecule has 1 fully saturated rings. The topological polar surface area (TPSA) is 73.6 Å². The maximum atomic E-state index is 12.2. The number of carbonyl (C=O) groups is 1. The quantitative estimate of drug-likeness (QED) is 0.816. The third-order valence-electron chi connectivity index (χ3n) is 3.47. The number of hydrogen-bond donors (Lipinski definition) is 2. The van der Waals surface area contributed by atoms with Gasteiger partial charge in [0.05, 0.1) is 30.5 Å². The highest BCUT2D eigenvalue weighted by Crippen LogP contribution is 2.28. The molecule has 0 bridgehead atoms. The summed E-state index contributed by atoms with van der Waals surface area (Å²) in [4.78, 5) is 12.2. The predicted octanol–water partition coefficient (Wildman–Crippen LogP) is 2.03. The van der Waals surface area contributed by atoms with Crippen LogP contribution in [-0.2, 0) is 9.53 Å². The van der Waals surface area contributed by atoms with Crippen molar-refractivity contribution in [3.8, 4) is 5.75 Å². The van der Waals surface area contributed by atoms with Crippen molar-refractivity contribution in [2.45, 2.75) is 25.9 Å². The first-order valence-electron chi connectivity index (χ1n) is 6.51. The fourth-order valence-corrected chi connectivity index (χ4v) is 2.35. The molecule has 0 spiro atoms. The summed E-state index contributed by atoms with van der Waals surface area (Å²) in [6, 6.07) is 5.21. The van der Waals surface area contributed by atoms with Crippen molar-refractivity contribution in [3.63, 3.8) is 0 Å². The first kappa shape index (κ1) is 13.7. The molecule has 1 amide bonds. The van der Waals surface area contributed by atoms with E-state index < -0.39 is 0 Å². The lowest BCUT2D eigenvalue weighted by Gasteiger charge is -2.17. The fourth-order valence-electron chi connectivity index (χ4n) is 2.35. The molecule has 5 heteroatoms. The largest absolute Gasteiger partial charge is 0.497 e. The van der Waals surface area contributed by atoms with Gasteiger partial charge in [-0.25, -0.2) is 0 Å². The van der Waals surface area contributed by atoms with Gasteiger partial charge >= 0.3 is 0 Å². The fraction of sp³-hybridized carbons (Fsp3) is 0.500. The monoisotopic (exact) mass is 264 g/mol. The maximum absolute atomic E-state index is 12.2. The van der Waals surface area contributed by atoms with Crippen molar-refractivity contribution in [1.82, 2.24) is 0 Å². The van der Waals surface area contributed by atoms with Gasteiger partial charge in [-0.3, -0.25) is 4.79 Å². The van der Waals surface area contributed by atoms with Gasteiger partial charge in [-0.15, -0.1) is 0 Å². The van der Waals surface area contributed by atoms with Crippen molar-refractivity contribution in [2.75, 3.05) is 24.8 Å². The smallest absolute Gasteiger partial charge is 0.230 e. The molecule has 0 saturated carbocycles. The van der Waals surface area contributed by atoms with E-state index in [2.05, 4.69) is 5.32 Å². The molecular formula is C14H20N2O3. The number of carbonyl (C=O) groups excluding carboxylic acids is 1. The van der Waals surface area contributed by atoms with Crippen LogP contribution in [0.25, 0.3) is 0 Å². The minimum atomic E-state index is -0.101. The Labute approximate surface area is 113 Å². The second-order valence-electron chi connectivity index (χ2n) is 4.66. The Morgan fingerprint density at radius 2 is 2.37 bits per heavy atom. The minimum Gasteiger partial charge on any atom is -0.497 e. The Bertz CT molecular complexity index is 462. The molecule has 0 aliphatic carbocycles.